The Bertz CT molecular complexity index is 1010. The van der Waals surface area contributed by atoms with Gasteiger partial charge < -0.3 is 14.7 Å². The van der Waals surface area contributed by atoms with Crippen LogP contribution in [0.15, 0.2) is 54.1 Å². The van der Waals surface area contributed by atoms with Gasteiger partial charge in [0.25, 0.3) is 11.7 Å². The fraction of sp³-hybridized carbons (Fsp3) is 0.360. The van der Waals surface area contributed by atoms with Crippen LogP contribution in [-0.4, -0.2) is 34.3 Å². The minimum Gasteiger partial charge on any atom is -0.507 e. The Morgan fingerprint density at radius 3 is 2.48 bits per heavy atom. The van der Waals surface area contributed by atoms with Crippen LogP contribution in [0, 0.1) is 5.82 Å². The summed E-state index contributed by atoms with van der Waals surface area (Å²) >= 11 is 0. The van der Waals surface area contributed by atoms with Crippen molar-refractivity contribution in [1.29, 1.82) is 0 Å². The number of carbonyl (C=O) groups is 2. The van der Waals surface area contributed by atoms with Crippen LogP contribution < -0.4 is 4.74 Å². The zero-order valence-corrected chi connectivity index (χ0v) is 17.5. The van der Waals surface area contributed by atoms with Crippen LogP contribution in [0.1, 0.15) is 56.2 Å². The number of hydrogen-bond donors (Lipinski definition) is 1. The molecule has 1 amide bonds. The van der Waals surface area contributed by atoms with Crippen molar-refractivity contribution in [3.8, 4) is 5.75 Å². The minimum absolute atomic E-state index is 0.0378. The third kappa shape index (κ3) is 4.07. The molecule has 5 nitrogen and oxygen atoms in total. The van der Waals surface area contributed by atoms with Gasteiger partial charge in [-0.25, -0.2) is 4.39 Å². The number of hydrogen-bond acceptors (Lipinski definition) is 4. The molecule has 0 aromatic heterocycles. The lowest BCUT2D eigenvalue weighted by molar-refractivity contribution is -0.141. The minimum atomic E-state index is -0.714. The number of nitrogens with zero attached hydrogens (tertiary/aromatic N) is 1. The Kier molecular flexibility index (Phi) is 6.07. The second kappa shape index (κ2) is 8.92. The highest BCUT2D eigenvalue weighted by molar-refractivity contribution is 6.46. The van der Waals surface area contributed by atoms with E-state index in [9.17, 15) is 19.1 Å². The molecule has 2 aromatic rings. The Morgan fingerprint density at radius 2 is 1.81 bits per heavy atom. The van der Waals surface area contributed by atoms with Crippen molar-refractivity contribution in [1.82, 2.24) is 4.90 Å². The van der Waals surface area contributed by atoms with Gasteiger partial charge in [0.2, 0.25) is 0 Å². The summed E-state index contributed by atoms with van der Waals surface area (Å²) in [7, 11) is 0. The quantitative estimate of drug-likeness (QED) is 0.419. The summed E-state index contributed by atoms with van der Waals surface area (Å²) in [5, 5.41) is 11.0. The number of halogens is 1. The molecule has 1 heterocycles. The molecule has 1 unspecified atom stereocenters. The summed E-state index contributed by atoms with van der Waals surface area (Å²) in [4.78, 5) is 27.9. The molecule has 1 N–H and O–H groups in total. The van der Waals surface area contributed by atoms with E-state index in [-0.39, 0.29) is 17.4 Å². The maximum Gasteiger partial charge on any atom is 0.295 e. The molecule has 1 aliphatic carbocycles. The summed E-state index contributed by atoms with van der Waals surface area (Å²) < 4.78 is 19.0. The van der Waals surface area contributed by atoms with E-state index < -0.39 is 23.5 Å². The van der Waals surface area contributed by atoms with Gasteiger partial charge >= 0.3 is 0 Å². The number of aliphatic hydroxyl groups excluding tert-OH is 1. The summed E-state index contributed by atoms with van der Waals surface area (Å²) in [5.74, 6) is -1.40. The molecule has 2 aliphatic rings. The lowest BCUT2D eigenvalue weighted by Crippen LogP contribution is -2.40. The molecule has 162 valence electrons. The zero-order chi connectivity index (χ0) is 22.0. The fourth-order valence-corrected chi connectivity index (χ4v) is 4.62. The van der Waals surface area contributed by atoms with Crippen molar-refractivity contribution in [2.75, 3.05) is 6.61 Å². The van der Waals surface area contributed by atoms with Crippen LogP contribution in [0.4, 0.5) is 4.39 Å². The van der Waals surface area contributed by atoms with Gasteiger partial charge in [0.15, 0.2) is 0 Å². The van der Waals surface area contributed by atoms with E-state index in [1.54, 1.807) is 4.90 Å². The van der Waals surface area contributed by atoms with Crippen molar-refractivity contribution in [2.24, 2.45) is 0 Å². The SMILES string of the molecule is CCOc1cccc(C2/C(=C(/O)c3ccc(F)cc3)C(=O)C(=O)N2C2CCCCC2)c1. The van der Waals surface area contributed by atoms with Crippen LogP contribution in [-0.2, 0) is 9.59 Å². The maximum absolute atomic E-state index is 13.4. The van der Waals surface area contributed by atoms with Gasteiger partial charge in [0, 0.05) is 11.6 Å². The number of benzene rings is 2. The number of ketones is 1. The highest BCUT2D eigenvalue weighted by Crippen LogP contribution is 2.43. The van der Waals surface area contributed by atoms with E-state index in [2.05, 4.69) is 0 Å². The molecule has 4 rings (SSSR count). The van der Waals surface area contributed by atoms with Crippen molar-refractivity contribution in [2.45, 2.75) is 51.1 Å². The first-order chi connectivity index (χ1) is 15.0. The molecule has 0 bridgehead atoms. The summed E-state index contributed by atoms with van der Waals surface area (Å²) in [6, 6.07) is 11.8. The third-order valence-electron chi connectivity index (χ3n) is 6.05. The topological polar surface area (TPSA) is 66.8 Å². The third-order valence-corrected chi connectivity index (χ3v) is 6.05. The molecule has 1 saturated carbocycles. The average Bonchev–Trinajstić information content (AvgIpc) is 3.05. The van der Waals surface area contributed by atoms with E-state index in [0.29, 0.717) is 23.5 Å². The van der Waals surface area contributed by atoms with Crippen LogP contribution in [0.3, 0.4) is 0 Å². The number of Topliss-reactive ketones (excluding diaryl/α,β-unsaturated/α-hetero) is 1. The number of rotatable bonds is 5. The van der Waals surface area contributed by atoms with E-state index in [1.807, 2.05) is 31.2 Å². The highest BCUT2D eigenvalue weighted by atomic mass is 19.1. The highest BCUT2D eigenvalue weighted by Gasteiger charge is 2.48. The number of likely N-dealkylation sites (tertiary alicyclic amines) is 1. The molecule has 6 heteroatoms. The average molecular weight is 423 g/mol. The molecule has 31 heavy (non-hydrogen) atoms. The van der Waals surface area contributed by atoms with Crippen molar-refractivity contribution in [3.63, 3.8) is 0 Å². The molecule has 1 atom stereocenters. The van der Waals surface area contributed by atoms with Gasteiger partial charge in [-0.15, -0.1) is 0 Å². The smallest absolute Gasteiger partial charge is 0.295 e. The molecule has 1 saturated heterocycles. The Hall–Kier alpha value is -3.15. The lowest BCUT2D eigenvalue weighted by Gasteiger charge is -2.35. The predicted molar refractivity (Wildman–Crippen MR) is 115 cm³/mol. The number of aliphatic hydroxyl groups is 1. The monoisotopic (exact) mass is 423 g/mol. The summed E-state index contributed by atoms with van der Waals surface area (Å²) in [5.41, 5.74) is 1.05. The first kappa shape index (κ1) is 21.1. The second-order valence-corrected chi connectivity index (χ2v) is 8.01. The molecular weight excluding hydrogens is 397 g/mol. The molecule has 0 spiro atoms. The molecule has 2 fully saturated rings. The van der Waals surface area contributed by atoms with Gasteiger partial charge in [-0.05, 0) is 61.7 Å². The largest absolute Gasteiger partial charge is 0.507 e. The van der Waals surface area contributed by atoms with Crippen molar-refractivity contribution < 1.29 is 23.8 Å². The molecule has 2 aromatic carbocycles. The summed E-state index contributed by atoms with van der Waals surface area (Å²) in [6.45, 7) is 2.37. The number of amides is 1. The van der Waals surface area contributed by atoms with Gasteiger partial charge in [0.1, 0.15) is 17.3 Å². The van der Waals surface area contributed by atoms with Gasteiger partial charge in [-0.2, -0.15) is 0 Å². The molecule has 0 radical (unpaired) electrons. The van der Waals surface area contributed by atoms with Crippen LogP contribution in [0.5, 0.6) is 5.75 Å². The van der Waals surface area contributed by atoms with Crippen LogP contribution >= 0.6 is 0 Å². The normalized spacial score (nSPS) is 21.5. The Balaban J connectivity index is 1.86. The number of carbonyl (C=O) groups excluding carboxylic acids is 2. The Labute approximate surface area is 181 Å². The number of ether oxygens (including phenoxy) is 1. The first-order valence-electron chi connectivity index (χ1n) is 10.8. The molecular formula is C25H26FNO4. The lowest BCUT2D eigenvalue weighted by atomic mass is 9.91. The van der Waals surface area contributed by atoms with Gasteiger partial charge in [-0.3, -0.25) is 9.59 Å². The van der Waals surface area contributed by atoms with Crippen molar-refractivity contribution >= 4 is 17.4 Å². The Morgan fingerprint density at radius 1 is 1.10 bits per heavy atom. The first-order valence-corrected chi connectivity index (χ1v) is 10.8. The van der Waals surface area contributed by atoms with Gasteiger partial charge in [-0.1, -0.05) is 31.4 Å². The van der Waals surface area contributed by atoms with Crippen LogP contribution in [0.25, 0.3) is 5.76 Å². The van der Waals surface area contributed by atoms with E-state index >= 15 is 0 Å². The van der Waals surface area contributed by atoms with Gasteiger partial charge in [0.05, 0.1) is 18.2 Å². The van der Waals surface area contributed by atoms with E-state index in [4.69, 9.17) is 4.74 Å². The van der Waals surface area contributed by atoms with Crippen LogP contribution in [0.2, 0.25) is 0 Å². The predicted octanol–water partition coefficient (Wildman–Crippen LogP) is 4.98. The van der Waals surface area contributed by atoms with E-state index in [1.165, 1.54) is 24.3 Å². The molecule has 1 aliphatic heterocycles. The fourth-order valence-electron chi connectivity index (χ4n) is 4.62. The van der Waals surface area contributed by atoms with Crippen molar-refractivity contribution in [3.05, 3.63) is 71.0 Å². The van der Waals surface area contributed by atoms with E-state index in [0.717, 1.165) is 32.1 Å². The summed E-state index contributed by atoms with van der Waals surface area (Å²) in [6.07, 6.45) is 4.76. The zero-order valence-electron chi connectivity index (χ0n) is 17.5. The second-order valence-electron chi connectivity index (χ2n) is 8.01. The standard InChI is InChI=1S/C25H26FNO4/c1-2-31-20-10-6-7-17(15-20)22-21(23(28)16-11-13-18(26)14-12-16)24(29)25(30)27(22)19-8-4-3-5-9-19/h6-7,10-15,19,22,28H,2-5,8-9H2,1H3/b23-21-. The maximum atomic E-state index is 13.4.